The van der Waals surface area contributed by atoms with E-state index in [9.17, 15) is 14.5 Å². The predicted octanol–water partition coefficient (Wildman–Crippen LogP) is 3.96. The van der Waals surface area contributed by atoms with E-state index < -0.39 is 10.7 Å². The quantitative estimate of drug-likeness (QED) is 0.598. The van der Waals surface area contributed by atoms with Crippen LogP contribution in [-0.2, 0) is 0 Å². The fourth-order valence-electron chi connectivity index (χ4n) is 2.98. The number of hydrogen-bond acceptors (Lipinski definition) is 4. The Bertz CT molecular complexity index is 526. The highest BCUT2D eigenvalue weighted by Gasteiger charge is 2.28. The lowest BCUT2D eigenvalue weighted by molar-refractivity contribution is -0.386. The van der Waals surface area contributed by atoms with E-state index in [2.05, 4.69) is 24.1 Å². The summed E-state index contributed by atoms with van der Waals surface area (Å²) in [7, 11) is 0. The van der Waals surface area contributed by atoms with Gasteiger partial charge in [0, 0.05) is 37.8 Å². The second kappa shape index (κ2) is 10.8. The number of nitrogens with zero attached hydrogens (tertiary/aromatic N) is 2. The van der Waals surface area contributed by atoms with Gasteiger partial charge in [0.25, 0.3) is 5.69 Å². The fourth-order valence-corrected chi connectivity index (χ4v) is 2.98. The van der Waals surface area contributed by atoms with Crippen LogP contribution in [-0.4, -0.2) is 36.0 Å². The van der Waals surface area contributed by atoms with E-state index in [1.165, 1.54) is 6.07 Å². The minimum Gasteiger partial charge on any atom is -0.314 e. The molecule has 0 aliphatic carbocycles. The molecule has 2 rings (SSSR count). The Morgan fingerprint density at radius 2 is 1.88 bits per heavy atom. The first-order valence-electron chi connectivity index (χ1n) is 7.87. The molecule has 1 aromatic rings. The van der Waals surface area contributed by atoms with Gasteiger partial charge in [-0.1, -0.05) is 13.8 Å². The minimum atomic E-state index is -0.557. The third-order valence-electron chi connectivity index (χ3n) is 4.16. The lowest BCUT2D eigenvalue weighted by Crippen LogP contribution is -2.45. The van der Waals surface area contributed by atoms with Crippen molar-refractivity contribution >= 4 is 30.5 Å². The highest BCUT2D eigenvalue weighted by Crippen LogP contribution is 2.34. The molecule has 138 valence electrons. The van der Waals surface area contributed by atoms with E-state index in [0.717, 1.165) is 45.1 Å². The van der Waals surface area contributed by atoms with E-state index in [-0.39, 0.29) is 36.5 Å². The molecule has 1 aromatic carbocycles. The standard InChI is InChI=1S/C16H24FN3O2.2ClH/c1-12(2)3-6-15(19-9-7-18-8-10-19)14-5-4-13(17)11-16(14)20(21)22;;/h4-5,11-12,15,18H,3,6-10H2,1-2H3;2*1H/t15-;;/m0../s1. The van der Waals surface area contributed by atoms with E-state index in [4.69, 9.17) is 0 Å². The van der Waals surface area contributed by atoms with Crippen molar-refractivity contribution in [2.24, 2.45) is 5.92 Å². The van der Waals surface area contributed by atoms with Crippen LogP contribution in [0.1, 0.15) is 38.3 Å². The second-order valence-corrected chi connectivity index (χ2v) is 6.23. The molecular formula is C16H26Cl2FN3O2. The van der Waals surface area contributed by atoms with Gasteiger partial charge in [0.1, 0.15) is 5.82 Å². The van der Waals surface area contributed by atoms with Crippen molar-refractivity contribution in [3.63, 3.8) is 0 Å². The maximum Gasteiger partial charge on any atom is 0.277 e. The largest absolute Gasteiger partial charge is 0.314 e. The molecule has 0 spiro atoms. The average molecular weight is 382 g/mol. The summed E-state index contributed by atoms with van der Waals surface area (Å²) in [6.07, 6.45) is 1.84. The first kappa shape index (κ1) is 23.1. The molecule has 1 aliphatic rings. The van der Waals surface area contributed by atoms with Gasteiger partial charge in [-0.05, 0) is 30.9 Å². The Hall–Kier alpha value is -0.950. The smallest absolute Gasteiger partial charge is 0.277 e. The highest BCUT2D eigenvalue weighted by atomic mass is 35.5. The van der Waals surface area contributed by atoms with Gasteiger partial charge < -0.3 is 5.32 Å². The second-order valence-electron chi connectivity index (χ2n) is 6.23. The molecule has 1 aliphatic heterocycles. The van der Waals surface area contributed by atoms with Crippen molar-refractivity contribution in [1.29, 1.82) is 0 Å². The van der Waals surface area contributed by atoms with E-state index in [0.29, 0.717) is 11.5 Å². The summed E-state index contributed by atoms with van der Waals surface area (Å²) in [6, 6.07) is 3.93. The third kappa shape index (κ3) is 6.16. The van der Waals surface area contributed by atoms with Crippen molar-refractivity contribution in [2.75, 3.05) is 26.2 Å². The molecule has 1 fully saturated rings. The van der Waals surface area contributed by atoms with Gasteiger partial charge in [0.05, 0.1) is 11.0 Å². The van der Waals surface area contributed by atoms with Crippen molar-refractivity contribution in [2.45, 2.75) is 32.7 Å². The lowest BCUT2D eigenvalue weighted by atomic mass is 9.94. The van der Waals surface area contributed by atoms with Crippen LogP contribution in [0.25, 0.3) is 0 Å². The zero-order valence-corrected chi connectivity index (χ0v) is 15.7. The summed E-state index contributed by atoms with van der Waals surface area (Å²) in [5.41, 5.74) is 0.529. The van der Waals surface area contributed by atoms with Gasteiger partial charge in [-0.15, -0.1) is 24.8 Å². The number of nitrogens with one attached hydrogen (secondary N) is 1. The fraction of sp³-hybridized carbons (Fsp3) is 0.625. The molecule has 1 saturated heterocycles. The maximum absolute atomic E-state index is 13.4. The molecule has 1 heterocycles. The number of benzene rings is 1. The van der Waals surface area contributed by atoms with Gasteiger partial charge in [0.15, 0.2) is 0 Å². The molecule has 0 radical (unpaired) electrons. The molecular weight excluding hydrogens is 356 g/mol. The summed E-state index contributed by atoms with van der Waals surface area (Å²) in [5.74, 6) is -0.0247. The summed E-state index contributed by atoms with van der Waals surface area (Å²) in [4.78, 5) is 13.1. The van der Waals surface area contributed by atoms with Crippen LogP contribution in [0.3, 0.4) is 0 Å². The molecule has 0 unspecified atom stereocenters. The van der Waals surface area contributed by atoms with Gasteiger partial charge in [-0.2, -0.15) is 0 Å². The van der Waals surface area contributed by atoms with Crippen LogP contribution in [0.15, 0.2) is 18.2 Å². The summed E-state index contributed by atoms with van der Waals surface area (Å²) < 4.78 is 13.4. The van der Waals surface area contributed by atoms with Crippen LogP contribution in [0.2, 0.25) is 0 Å². The molecule has 0 amide bonds. The first-order valence-corrected chi connectivity index (χ1v) is 7.87. The van der Waals surface area contributed by atoms with E-state index in [1.54, 1.807) is 6.07 Å². The minimum absolute atomic E-state index is 0. The Kier molecular flexibility index (Phi) is 10.4. The van der Waals surface area contributed by atoms with Crippen molar-refractivity contribution in [3.8, 4) is 0 Å². The lowest BCUT2D eigenvalue weighted by Gasteiger charge is -2.35. The normalized spacial score (nSPS) is 16.2. The molecule has 0 bridgehead atoms. The Balaban J connectivity index is 0.00000264. The average Bonchev–Trinajstić information content (AvgIpc) is 2.49. The van der Waals surface area contributed by atoms with E-state index in [1.807, 2.05) is 0 Å². The maximum atomic E-state index is 13.4. The summed E-state index contributed by atoms with van der Waals surface area (Å²) >= 11 is 0. The predicted molar refractivity (Wildman–Crippen MR) is 98.8 cm³/mol. The molecule has 8 heteroatoms. The molecule has 0 saturated carbocycles. The number of halogens is 3. The van der Waals surface area contributed by atoms with Crippen LogP contribution in [0.5, 0.6) is 0 Å². The first-order chi connectivity index (χ1) is 10.5. The van der Waals surface area contributed by atoms with Gasteiger partial charge >= 0.3 is 0 Å². The summed E-state index contributed by atoms with van der Waals surface area (Å²) in [5, 5.41) is 14.6. The Morgan fingerprint density at radius 1 is 1.25 bits per heavy atom. The zero-order chi connectivity index (χ0) is 16.1. The van der Waals surface area contributed by atoms with Crippen LogP contribution >= 0.6 is 24.8 Å². The molecule has 5 nitrogen and oxygen atoms in total. The monoisotopic (exact) mass is 381 g/mol. The van der Waals surface area contributed by atoms with Gasteiger partial charge in [0.2, 0.25) is 0 Å². The Morgan fingerprint density at radius 3 is 2.42 bits per heavy atom. The zero-order valence-electron chi connectivity index (χ0n) is 14.0. The number of rotatable bonds is 6. The Labute approximate surface area is 155 Å². The molecule has 0 aromatic heterocycles. The van der Waals surface area contributed by atoms with Crippen molar-refractivity contribution < 1.29 is 9.31 Å². The number of hydrogen-bond donors (Lipinski definition) is 1. The van der Waals surface area contributed by atoms with Gasteiger partial charge in [-0.3, -0.25) is 15.0 Å². The molecule has 1 atom stereocenters. The molecule has 24 heavy (non-hydrogen) atoms. The van der Waals surface area contributed by atoms with E-state index >= 15 is 0 Å². The van der Waals surface area contributed by atoms with Gasteiger partial charge in [-0.25, -0.2) is 4.39 Å². The third-order valence-corrected chi connectivity index (χ3v) is 4.16. The number of nitro groups is 1. The van der Waals surface area contributed by atoms with Crippen LogP contribution < -0.4 is 5.32 Å². The van der Waals surface area contributed by atoms with Crippen molar-refractivity contribution in [3.05, 3.63) is 39.7 Å². The number of nitro benzene ring substituents is 1. The molecule has 1 N–H and O–H groups in total. The van der Waals surface area contributed by atoms with Crippen LogP contribution in [0, 0.1) is 21.8 Å². The SMILES string of the molecule is CC(C)CC[C@@H](c1ccc(F)cc1[N+](=O)[O-])N1CCNCC1.Cl.Cl. The highest BCUT2D eigenvalue weighted by molar-refractivity contribution is 5.85. The number of piperazine rings is 1. The van der Waals surface area contributed by atoms with Crippen LogP contribution in [0.4, 0.5) is 10.1 Å². The van der Waals surface area contributed by atoms with Crippen molar-refractivity contribution in [1.82, 2.24) is 10.2 Å². The topological polar surface area (TPSA) is 58.4 Å². The summed E-state index contributed by atoms with van der Waals surface area (Å²) in [6.45, 7) is 7.77.